The van der Waals surface area contributed by atoms with Gasteiger partial charge in [-0.2, -0.15) is 0 Å². The number of rotatable bonds is 47. The van der Waals surface area contributed by atoms with E-state index in [2.05, 4.69) is 43.8 Å². The van der Waals surface area contributed by atoms with Gasteiger partial charge in [-0.15, -0.1) is 0 Å². The molecule has 0 aliphatic heterocycles. The summed E-state index contributed by atoms with van der Waals surface area (Å²) in [6, 6.07) is 2.52. The molecule has 1 rings (SSSR count). The standard InChI is InChI=1S/C55H106N/c1-4-7-10-13-16-19-22-25-27-29-31-33-36-39-42-45-48-54-50-52-56(51-47-44-41-38-35-24-21-18-15-12-9-6-3)53-55(54)49-46-43-40-37-34-32-30-28-26-23-20-17-14-11-8-5-2/h50,52-53H,4-49,51H2,1-3H3/q+1. The van der Waals surface area contributed by atoms with Crippen molar-refractivity contribution < 1.29 is 4.57 Å². The van der Waals surface area contributed by atoms with Crippen molar-refractivity contribution in [2.24, 2.45) is 0 Å². The summed E-state index contributed by atoms with van der Waals surface area (Å²) in [7, 11) is 0. The fourth-order valence-corrected chi connectivity index (χ4v) is 9.09. The van der Waals surface area contributed by atoms with Gasteiger partial charge in [0, 0.05) is 18.1 Å². The maximum Gasteiger partial charge on any atom is 0.172 e. The van der Waals surface area contributed by atoms with Crippen molar-refractivity contribution in [2.45, 2.75) is 323 Å². The molecule has 0 amide bonds. The van der Waals surface area contributed by atoms with Crippen LogP contribution in [0.15, 0.2) is 18.5 Å². The quantitative estimate of drug-likeness (QED) is 0.0458. The third kappa shape index (κ3) is 37.4. The SMILES string of the molecule is CCCCCCCCCCCCCCCCCCc1cc[n+](CCCCCCCCCCCCCC)cc1CCCCCCCCCCCCCCCCCC. The third-order valence-corrected chi connectivity index (χ3v) is 13.1. The van der Waals surface area contributed by atoms with Crippen LogP contribution in [-0.2, 0) is 19.4 Å². The zero-order chi connectivity index (χ0) is 40.1. The molecule has 330 valence electrons. The second-order valence-corrected chi connectivity index (χ2v) is 18.7. The van der Waals surface area contributed by atoms with Gasteiger partial charge in [-0.05, 0) is 37.7 Å². The Bertz CT molecular complexity index is 874. The van der Waals surface area contributed by atoms with Crippen LogP contribution in [0.25, 0.3) is 0 Å². The van der Waals surface area contributed by atoms with Gasteiger partial charge in [0.05, 0.1) is 0 Å². The van der Waals surface area contributed by atoms with E-state index in [0.29, 0.717) is 0 Å². The molecule has 0 saturated heterocycles. The van der Waals surface area contributed by atoms with E-state index < -0.39 is 0 Å². The van der Waals surface area contributed by atoms with E-state index in [1.165, 1.54) is 302 Å². The Morgan fingerprint density at radius 1 is 0.268 bits per heavy atom. The number of aromatic nitrogens is 1. The second-order valence-electron chi connectivity index (χ2n) is 18.7. The third-order valence-electron chi connectivity index (χ3n) is 13.1. The van der Waals surface area contributed by atoms with Crippen LogP contribution in [0, 0.1) is 0 Å². The molecule has 0 bridgehead atoms. The molecule has 0 atom stereocenters. The first kappa shape index (κ1) is 53.2. The molecule has 0 unspecified atom stereocenters. The number of aryl methyl sites for hydroxylation is 3. The first-order valence-corrected chi connectivity index (χ1v) is 26.8. The van der Waals surface area contributed by atoms with Gasteiger partial charge in [-0.1, -0.05) is 278 Å². The fraction of sp³-hybridized carbons (Fsp3) is 0.909. The minimum Gasteiger partial charge on any atom is -0.205 e. The van der Waals surface area contributed by atoms with Crippen LogP contribution in [0.5, 0.6) is 0 Å². The Kier molecular flexibility index (Phi) is 43.0. The number of hydrogen-bond acceptors (Lipinski definition) is 0. The minimum absolute atomic E-state index is 1.21. The van der Waals surface area contributed by atoms with E-state index in [9.17, 15) is 0 Å². The zero-order valence-electron chi connectivity index (χ0n) is 39.4. The topological polar surface area (TPSA) is 3.88 Å². The Labute approximate surface area is 355 Å². The summed E-state index contributed by atoms with van der Waals surface area (Å²) in [5.74, 6) is 0. The van der Waals surface area contributed by atoms with Crippen LogP contribution < -0.4 is 4.57 Å². The Morgan fingerprint density at radius 2 is 0.500 bits per heavy atom. The Hall–Kier alpha value is -0.850. The molecule has 0 N–H and O–H groups in total. The van der Waals surface area contributed by atoms with E-state index in [-0.39, 0.29) is 0 Å². The maximum absolute atomic E-state index is 2.57. The molecule has 0 saturated carbocycles. The lowest BCUT2D eigenvalue weighted by molar-refractivity contribution is -0.697. The van der Waals surface area contributed by atoms with E-state index in [0.717, 1.165) is 0 Å². The predicted octanol–water partition coefficient (Wildman–Crippen LogP) is 19.3. The van der Waals surface area contributed by atoms with Crippen LogP contribution in [-0.4, -0.2) is 0 Å². The summed E-state index contributed by atoms with van der Waals surface area (Å²) in [5.41, 5.74) is 3.35. The molecular formula is C55H106N+. The monoisotopic (exact) mass is 781 g/mol. The van der Waals surface area contributed by atoms with Gasteiger partial charge in [0.1, 0.15) is 6.54 Å². The first-order valence-electron chi connectivity index (χ1n) is 26.8. The largest absolute Gasteiger partial charge is 0.205 e. The van der Waals surface area contributed by atoms with Crippen LogP contribution >= 0.6 is 0 Å². The van der Waals surface area contributed by atoms with E-state index in [1.807, 2.05) is 0 Å². The van der Waals surface area contributed by atoms with Gasteiger partial charge in [0.25, 0.3) is 0 Å². The van der Waals surface area contributed by atoms with Crippen LogP contribution in [0.2, 0.25) is 0 Å². The molecule has 1 aromatic rings. The lowest BCUT2D eigenvalue weighted by Crippen LogP contribution is -2.34. The van der Waals surface area contributed by atoms with E-state index in [4.69, 9.17) is 0 Å². The summed E-state index contributed by atoms with van der Waals surface area (Å²) in [6.45, 7) is 8.16. The summed E-state index contributed by atoms with van der Waals surface area (Å²) in [4.78, 5) is 0. The van der Waals surface area contributed by atoms with Gasteiger partial charge in [0.15, 0.2) is 12.4 Å². The van der Waals surface area contributed by atoms with E-state index in [1.54, 1.807) is 11.1 Å². The van der Waals surface area contributed by atoms with E-state index >= 15 is 0 Å². The van der Waals surface area contributed by atoms with Gasteiger partial charge in [-0.3, -0.25) is 0 Å². The predicted molar refractivity (Wildman–Crippen MR) is 254 cm³/mol. The molecule has 1 nitrogen and oxygen atoms in total. The van der Waals surface area contributed by atoms with Crippen molar-refractivity contribution in [1.29, 1.82) is 0 Å². The maximum atomic E-state index is 2.57. The van der Waals surface area contributed by atoms with Crippen LogP contribution in [0.3, 0.4) is 0 Å². The number of unbranched alkanes of at least 4 members (excludes halogenated alkanes) is 41. The first-order chi connectivity index (χ1) is 27.8. The molecule has 1 aromatic heterocycles. The minimum atomic E-state index is 1.21. The number of pyridine rings is 1. The van der Waals surface area contributed by atoms with Gasteiger partial charge >= 0.3 is 0 Å². The van der Waals surface area contributed by atoms with Crippen molar-refractivity contribution in [3.63, 3.8) is 0 Å². The highest BCUT2D eigenvalue weighted by Gasteiger charge is 2.10. The second kappa shape index (κ2) is 45.2. The number of nitrogens with zero attached hydrogens (tertiary/aromatic N) is 1. The van der Waals surface area contributed by atoms with Gasteiger partial charge in [-0.25, -0.2) is 4.57 Å². The highest BCUT2D eigenvalue weighted by atomic mass is 14.9. The molecule has 0 spiro atoms. The Balaban J connectivity index is 2.27. The van der Waals surface area contributed by atoms with Crippen molar-refractivity contribution >= 4 is 0 Å². The lowest BCUT2D eigenvalue weighted by Gasteiger charge is -2.10. The zero-order valence-corrected chi connectivity index (χ0v) is 39.4. The molecule has 0 radical (unpaired) electrons. The van der Waals surface area contributed by atoms with Crippen LogP contribution in [0.4, 0.5) is 0 Å². The normalized spacial score (nSPS) is 11.6. The van der Waals surface area contributed by atoms with Gasteiger partial charge < -0.3 is 0 Å². The molecule has 0 aliphatic rings. The smallest absolute Gasteiger partial charge is 0.172 e. The van der Waals surface area contributed by atoms with Crippen molar-refractivity contribution in [3.05, 3.63) is 29.6 Å². The molecular weight excluding hydrogens is 675 g/mol. The van der Waals surface area contributed by atoms with Gasteiger partial charge in [0.2, 0.25) is 0 Å². The lowest BCUT2D eigenvalue weighted by atomic mass is 9.97. The summed E-state index contributed by atoms with van der Waals surface area (Å²) in [6.07, 6.45) is 71.3. The number of hydrogen-bond donors (Lipinski definition) is 0. The molecule has 0 fully saturated rings. The molecule has 1 heteroatoms. The average molecular weight is 781 g/mol. The fourth-order valence-electron chi connectivity index (χ4n) is 9.09. The summed E-state index contributed by atoms with van der Waals surface area (Å²) < 4.78 is 2.55. The highest BCUT2D eigenvalue weighted by molar-refractivity contribution is 5.21. The van der Waals surface area contributed by atoms with Crippen molar-refractivity contribution in [2.75, 3.05) is 0 Å². The molecule has 56 heavy (non-hydrogen) atoms. The Morgan fingerprint density at radius 3 is 0.786 bits per heavy atom. The molecule has 1 heterocycles. The average Bonchev–Trinajstić information content (AvgIpc) is 3.21. The van der Waals surface area contributed by atoms with Crippen LogP contribution in [0.1, 0.15) is 314 Å². The molecule has 0 aliphatic carbocycles. The van der Waals surface area contributed by atoms with Crippen molar-refractivity contribution in [1.82, 2.24) is 0 Å². The summed E-state index contributed by atoms with van der Waals surface area (Å²) >= 11 is 0. The van der Waals surface area contributed by atoms with Crippen molar-refractivity contribution in [3.8, 4) is 0 Å². The summed E-state index contributed by atoms with van der Waals surface area (Å²) in [5, 5.41) is 0. The molecule has 0 aromatic carbocycles. The highest BCUT2D eigenvalue weighted by Crippen LogP contribution is 2.19.